The molecule has 19 heavy (non-hydrogen) atoms. The second kappa shape index (κ2) is 7.04. The van der Waals surface area contributed by atoms with Crippen LogP contribution in [0.15, 0.2) is 0 Å². The number of hydrogen-bond donors (Lipinski definition) is 2. The van der Waals surface area contributed by atoms with Gasteiger partial charge in [0.25, 0.3) is 0 Å². The van der Waals surface area contributed by atoms with E-state index >= 15 is 0 Å². The van der Waals surface area contributed by atoms with Crippen molar-refractivity contribution in [2.45, 2.75) is 57.9 Å². The molecule has 3 atom stereocenters. The fourth-order valence-corrected chi connectivity index (χ4v) is 4.82. The van der Waals surface area contributed by atoms with Crippen molar-refractivity contribution in [3.05, 3.63) is 0 Å². The van der Waals surface area contributed by atoms with Gasteiger partial charge in [0.05, 0.1) is 5.75 Å². The van der Waals surface area contributed by atoms with Gasteiger partial charge in [0, 0.05) is 12.6 Å². The van der Waals surface area contributed by atoms with Crippen LogP contribution in [0.5, 0.6) is 0 Å². The first-order valence-electron chi connectivity index (χ1n) is 7.76. The second-order valence-corrected chi connectivity index (χ2v) is 8.25. The van der Waals surface area contributed by atoms with Crippen molar-refractivity contribution in [3.63, 3.8) is 0 Å². The van der Waals surface area contributed by atoms with Crippen LogP contribution in [0.3, 0.4) is 0 Å². The largest absolute Gasteiger partial charge is 0.313 e. The zero-order chi connectivity index (χ0) is 13.7. The van der Waals surface area contributed by atoms with Crippen molar-refractivity contribution in [3.8, 4) is 0 Å². The van der Waals surface area contributed by atoms with Crippen molar-refractivity contribution in [1.82, 2.24) is 10.0 Å². The zero-order valence-corrected chi connectivity index (χ0v) is 12.8. The lowest BCUT2D eigenvalue weighted by Crippen LogP contribution is -2.37. The Balaban J connectivity index is 1.66. The third-order valence-corrected chi connectivity index (χ3v) is 5.99. The van der Waals surface area contributed by atoms with Gasteiger partial charge < -0.3 is 5.32 Å². The molecule has 1 saturated carbocycles. The van der Waals surface area contributed by atoms with Crippen LogP contribution in [0.1, 0.15) is 51.9 Å². The number of nitrogens with one attached hydrogen (secondary N) is 2. The number of rotatable bonds is 6. The molecular weight excluding hydrogens is 260 g/mol. The maximum Gasteiger partial charge on any atom is 0.213 e. The SMILES string of the molecule is CC1CCCC(CCNS(=O)(=O)CC2CCCN2)C1. The topological polar surface area (TPSA) is 58.2 Å². The van der Waals surface area contributed by atoms with Crippen molar-refractivity contribution < 1.29 is 8.42 Å². The van der Waals surface area contributed by atoms with Crippen LogP contribution in [0, 0.1) is 11.8 Å². The minimum Gasteiger partial charge on any atom is -0.313 e. The minimum absolute atomic E-state index is 0.159. The van der Waals surface area contributed by atoms with E-state index in [1.165, 1.54) is 25.7 Å². The predicted octanol–water partition coefficient (Wildman–Crippen LogP) is 1.87. The molecule has 5 heteroatoms. The minimum atomic E-state index is -3.09. The van der Waals surface area contributed by atoms with Gasteiger partial charge in [0.1, 0.15) is 0 Å². The molecule has 3 unspecified atom stereocenters. The van der Waals surface area contributed by atoms with Gasteiger partial charge in [-0.25, -0.2) is 13.1 Å². The van der Waals surface area contributed by atoms with Crippen LogP contribution in [0.4, 0.5) is 0 Å². The van der Waals surface area contributed by atoms with Gasteiger partial charge in [-0.05, 0) is 44.1 Å². The molecule has 2 fully saturated rings. The molecule has 0 bridgehead atoms. The maximum absolute atomic E-state index is 11.9. The lowest BCUT2D eigenvalue weighted by atomic mass is 9.81. The molecule has 0 radical (unpaired) electrons. The maximum atomic E-state index is 11.9. The Labute approximate surface area is 117 Å². The van der Waals surface area contributed by atoms with E-state index in [2.05, 4.69) is 17.0 Å². The fourth-order valence-electron chi connectivity index (χ4n) is 3.46. The van der Waals surface area contributed by atoms with Gasteiger partial charge >= 0.3 is 0 Å². The van der Waals surface area contributed by atoms with Crippen LogP contribution < -0.4 is 10.0 Å². The highest BCUT2D eigenvalue weighted by Gasteiger charge is 2.23. The molecular formula is C14H28N2O2S. The molecule has 2 rings (SSSR count). The molecule has 0 aromatic carbocycles. The van der Waals surface area contributed by atoms with E-state index in [1.54, 1.807) is 0 Å². The first-order chi connectivity index (χ1) is 9.05. The van der Waals surface area contributed by atoms with E-state index in [-0.39, 0.29) is 11.8 Å². The molecule has 0 spiro atoms. The van der Waals surface area contributed by atoms with E-state index in [9.17, 15) is 8.42 Å². The van der Waals surface area contributed by atoms with Crippen molar-refractivity contribution >= 4 is 10.0 Å². The number of hydrogen-bond acceptors (Lipinski definition) is 3. The normalized spacial score (nSPS) is 32.6. The van der Waals surface area contributed by atoms with E-state index in [0.717, 1.165) is 37.6 Å². The quantitative estimate of drug-likeness (QED) is 0.784. The summed E-state index contributed by atoms with van der Waals surface area (Å²) in [6.07, 6.45) is 8.28. The molecule has 0 amide bonds. The Morgan fingerprint density at radius 2 is 2.05 bits per heavy atom. The van der Waals surface area contributed by atoms with Crippen molar-refractivity contribution in [2.75, 3.05) is 18.8 Å². The molecule has 1 aliphatic carbocycles. The molecule has 2 N–H and O–H groups in total. The first kappa shape index (κ1) is 15.3. The smallest absolute Gasteiger partial charge is 0.213 e. The summed E-state index contributed by atoms with van der Waals surface area (Å²) < 4.78 is 26.7. The van der Waals surface area contributed by atoms with E-state index in [0.29, 0.717) is 6.54 Å². The molecule has 112 valence electrons. The van der Waals surface area contributed by atoms with Crippen LogP contribution in [0.2, 0.25) is 0 Å². The average Bonchev–Trinajstić information content (AvgIpc) is 2.80. The summed E-state index contributed by atoms with van der Waals surface area (Å²) in [5, 5.41) is 3.24. The fraction of sp³-hybridized carbons (Fsp3) is 1.00. The highest BCUT2D eigenvalue weighted by molar-refractivity contribution is 7.89. The van der Waals surface area contributed by atoms with Gasteiger partial charge in [0.2, 0.25) is 10.0 Å². The van der Waals surface area contributed by atoms with Crippen LogP contribution >= 0.6 is 0 Å². The van der Waals surface area contributed by atoms with Crippen LogP contribution in [0.25, 0.3) is 0 Å². The Bertz CT molecular complexity index is 364. The van der Waals surface area contributed by atoms with E-state index < -0.39 is 10.0 Å². The summed E-state index contributed by atoms with van der Waals surface area (Å²) in [6.45, 7) is 3.88. The van der Waals surface area contributed by atoms with Gasteiger partial charge in [-0.3, -0.25) is 0 Å². The second-order valence-electron chi connectivity index (χ2n) is 6.40. The zero-order valence-electron chi connectivity index (χ0n) is 12.0. The Hall–Kier alpha value is -0.130. The van der Waals surface area contributed by atoms with Crippen molar-refractivity contribution in [2.24, 2.45) is 11.8 Å². The standard InChI is InChI=1S/C14H28N2O2S/c1-12-4-2-5-13(10-12)7-9-16-19(17,18)11-14-6-3-8-15-14/h12-16H,2-11H2,1H3. The molecule has 1 heterocycles. The highest BCUT2D eigenvalue weighted by Crippen LogP contribution is 2.30. The Morgan fingerprint density at radius 1 is 1.21 bits per heavy atom. The first-order valence-corrected chi connectivity index (χ1v) is 9.41. The average molecular weight is 288 g/mol. The predicted molar refractivity (Wildman–Crippen MR) is 78.6 cm³/mol. The third-order valence-electron chi connectivity index (χ3n) is 4.50. The monoisotopic (exact) mass is 288 g/mol. The summed E-state index contributed by atoms with van der Waals surface area (Å²) in [5.74, 6) is 1.78. The summed E-state index contributed by atoms with van der Waals surface area (Å²) in [5.41, 5.74) is 0. The molecule has 2 aliphatic rings. The third kappa shape index (κ3) is 5.40. The summed E-state index contributed by atoms with van der Waals surface area (Å²) in [4.78, 5) is 0. The molecule has 1 aliphatic heterocycles. The summed E-state index contributed by atoms with van der Waals surface area (Å²) in [6, 6.07) is 0.159. The lowest BCUT2D eigenvalue weighted by molar-refractivity contribution is 0.271. The highest BCUT2D eigenvalue weighted by atomic mass is 32.2. The molecule has 0 aromatic heterocycles. The Morgan fingerprint density at radius 3 is 2.74 bits per heavy atom. The van der Waals surface area contributed by atoms with E-state index in [4.69, 9.17) is 0 Å². The number of sulfonamides is 1. The lowest BCUT2D eigenvalue weighted by Gasteiger charge is -2.26. The van der Waals surface area contributed by atoms with Gasteiger partial charge in [-0.2, -0.15) is 0 Å². The van der Waals surface area contributed by atoms with Crippen LogP contribution in [-0.4, -0.2) is 33.3 Å². The van der Waals surface area contributed by atoms with Crippen molar-refractivity contribution in [1.29, 1.82) is 0 Å². The Kier molecular flexibility index (Phi) is 5.66. The van der Waals surface area contributed by atoms with Gasteiger partial charge in [0.15, 0.2) is 0 Å². The van der Waals surface area contributed by atoms with Gasteiger partial charge in [-0.15, -0.1) is 0 Å². The molecule has 4 nitrogen and oxygen atoms in total. The molecule has 0 aromatic rings. The summed E-state index contributed by atoms with van der Waals surface area (Å²) >= 11 is 0. The van der Waals surface area contributed by atoms with Gasteiger partial charge in [-0.1, -0.05) is 26.2 Å². The summed E-state index contributed by atoms with van der Waals surface area (Å²) in [7, 11) is -3.09. The van der Waals surface area contributed by atoms with Crippen LogP contribution in [-0.2, 0) is 10.0 Å². The van der Waals surface area contributed by atoms with E-state index in [1.807, 2.05) is 0 Å². The molecule has 1 saturated heterocycles.